The lowest BCUT2D eigenvalue weighted by Gasteiger charge is -2.25. The molecule has 0 aliphatic rings. The molecule has 0 saturated carbocycles. The molecule has 3 amide bonds. The van der Waals surface area contributed by atoms with Gasteiger partial charge >= 0.3 is 17.9 Å². The van der Waals surface area contributed by atoms with Gasteiger partial charge in [-0.25, -0.2) is 4.79 Å². The quantitative estimate of drug-likeness (QED) is 0.101. The zero-order chi connectivity index (χ0) is 28.7. The van der Waals surface area contributed by atoms with E-state index in [1.165, 1.54) is 0 Å². The first kappa shape index (κ1) is 32.0. The summed E-state index contributed by atoms with van der Waals surface area (Å²) in [5, 5.41) is 34.1. The molecule has 0 aromatic heterocycles. The van der Waals surface area contributed by atoms with Gasteiger partial charge in [0.25, 0.3) is 0 Å². The number of rotatable bonds is 18. The van der Waals surface area contributed by atoms with Crippen LogP contribution < -0.4 is 27.4 Å². The summed E-state index contributed by atoms with van der Waals surface area (Å²) in [5.74, 6) is -6.80. The van der Waals surface area contributed by atoms with Crippen molar-refractivity contribution < 1.29 is 44.1 Å². The molecule has 4 atom stereocenters. The SMILES string of the molecule is NCCCC[C@H](NC(=O)[C@H](CCC(=O)O)NC(=O)[C@@H](N)Cc1ccccc1)C(=O)N[C@@H](CC(=O)O)C(=O)O. The number of benzene rings is 1. The lowest BCUT2D eigenvalue weighted by molar-refractivity contribution is -0.147. The smallest absolute Gasteiger partial charge is 0.326 e. The molecule has 10 N–H and O–H groups in total. The Bertz CT molecular complexity index is 973. The van der Waals surface area contributed by atoms with Crippen molar-refractivity contribution in [3.05, 3.63) is 35.9 Å². The van der Waals surface area contributed by atoms with Crippen molar-refractivity contribution in [3.8, 4) is 0 Å². The monoisotopic (exact) mass is 537 g/mol. The first-order chi connectivity index (χ1) is 17.9. The van der Waals surface area contributed by atoms with E-state index in [0.29, 0.717) is 12.8 Å². The molecule has 0 radical (unpaired) electrons. The van der Waals surface area contributed by atoms with Crippen molar-refractivity contribution in [2.24, 2.45) is 11.5 Å². The maximum Gasteiger partial charge on any atom is 0.326 e. The van der Waals surface area contributed by atoms with Crippen LogP contribution in [0.15, 0.2) is 30.3 Å². The van der Waals surface area contributed by atoms with Crippen LogP contribution >= 0.6 is 0 Å². The number of carboxylic acids is 3. The van der Waals surface area contributed by atoms with Gasteiger partial charge in [0.05, 0.1) is 12.5 Å². The third-order valence-corrected chi connectivity index (χ3v) is 5.49. The molecule has 0 fully saturated rings. The van der Waals surface area contributed by atoms with E-state index in [4.69, 9.17) is 21.7 Å². The standard InChI is InChI=1S/C24H35N5O9/c25-11-5-4-8-16(22(35)29-18(24(37)38)13-20(32)33)28-23(36)17(9-10-19(30)31)27-21(34)15(26)12-14-6-2-1-3-7-14/h1-3,6-7,15-18H,4-5,8-13,25-26H2,(H,27,34)(H,28,36)(H,29,35)(H,30,31)(H,32,33)(H,37,38)/t15-,16-,17-,18-/m0/s1. The van der Waals surface area contributed by atoms with Gasteiger partial charge < -0.3 is 42.7 Å². The molecule has 0 aliphatic heterocycles. The number of amides is 3. The van der Waals surface area contributed by atoms with Crippen LogP contribution in [0.2, 0.25) is 0 Å². The molecular weight excluding hydrogens is 502 g/mol. The Morgan fingerprint density at radius 2 is 1.29 bits per heavy atom. The predicted octanol–water partition coefficient (Wildman–Crippen LogP) is -1.44. The number of carboxylic acid groups (broad SMARTS) is 3. The largest absolute Gasteiger partial charge is 0.481 e. The Morgan fingerprint density at radius 3 is 1.82 bits per heavy atom. The van der Waals surface area contributed by atoms with Gasteiger partial charge in [-0.15, -0.1) is 0 Å². The first-order valence-electron chi connectivity index (χ1n) is 12.0. The third-order valence-electron chi connectivity index (χ3n) is 5.49. The first-order valence-corrected chi connectivity index (χ1v) is 12.0. The van der Waals surface area contributed by atoms with Gasteiger partial charge in [0.2, 0.25) is 17.7 Å². The van der Waals surface area contributed by atoms with Crippen molar-refractivity contribution >= 4 is 35.6 Å². The van der Waals surface area contributed by atoms with Gasteiger partial charge in [-0.05, 0) is 44.2 Å². The zero-order valence-corrected chi connectivity index (χ0v) is 20.8. The molecule has 0 spiro atoms. The maximum atomic E-state index is 13.0. The van der Waals surface area contributed by atoms with Crippen molar-refractivity contribution in [2.45, 2.75) is 69.1 Å². The fraction of sp³-hybridized carbons (Fsp3) is 0.500. The predicted molar refractivity (Wildman–Crippen MR) is 134 cm³/mol. The van der Waals surface area contributed by atoms with E-state index in [1.54, 1.807) is 30.3 Å². The molecule has 38 heavy (non-hydrogen) atoms. The van der Waals surface area contributed by atoms with E-state index in [-0.39, 0.29) is 25.8 Å². The molecule has 0 bridgehead atoms. The van der Waals surface area contributed by atoms with Gasteiger partial charge in [-0.2, -0.15) is 0 Å². The van der Waals surface area contributed by atoms with Crippen LogP contribution in [-0.2, 0) is 35.2 Å². The van der Waals surface area contributed by atoms with E-state index in [9.17, 15) is 33.9 Å². The number of carbonyl (C=O) groups excluding carboxylic acids is 3. The molecule has 1 aromatic carbocycles. The van der Waals surface area contributed by atoms with Crippen LogP contribution in [0.4, 0.5) is 0 Å². The fourth-order valence-corrected chi connectivity index (χ4v) is 3.46. The highest BCUT2D eigenvalue weighted by Crippen LogP contribution is 2.07. The highest BCUT2D eigenvalue weighted by molar-refractivity contribution is 5.94. The fourth-order valence-electron chi connectivity index (χ4n) is 3.46. The zero-order valence-electron chi connectivity index (χ0n) is 20.8. The molecule has 14 nitrogen and oxygen atoms in total. The van der Waals surface area contributed by atoms with Gasteiger partial charge in [-0.3, -0.25) is 24.0 Å². The molecule has 210 valence electrons. The topological polar surface area (TPSA) is 251 Å². The van der Waals surface area contributed by atoms with Crippen molar-refractivity contribution in [2.75, 3.05) is 6.54 Å². The number of unbranched alkanes of at least 4 members (excludes halogenated alkanes) is 1. The summed E-state index contributed by atoms with van der Waals surface area (Å²) in [6, 6.07) is 3.41. The second-order valence-electron chi connectivity index (χ2n) is 8.63. The van der Waals surface area contributed by atoms with Gasteiger partial charge in [0.15, 0.2) is 0 Å². The van der Waals surface area contributed by atoms with Gasteiger partial charge in [0, 0.05) is 6.42 Å². The highest BCUT2D eigenvalue weighted by atomic mass is 16.4. The van der Waals surface area contributed by atoms with E-state index in [2.05, 4.69) is 16.0 Å². The number of nitrogens with two attached hydrogens (primary N) is 2. The summed E-state index contributed by atoms with van der Waals surface area (Å²) in [4.78, 5) is 71.9. The van der Waals surface area contributed by atoms with Gasteiger partial charge in [-0.1, -0.05) is 30.3 Å². The Morgan fingerprint density at radius 1 is 0.737 bits per heavy atom. The van der Waals surface area contributed by atoms with Crippen LogP contribution in [0, 0.1) is 0 Å². The number of nitrogens with one attached hydrogen (secondary N) is 3. The van der Waals surface area contributed by atoms with Crippen LogP contribution in [0.5, 0.6) is 0 Å². The summed E-state index contributed by atoms with van der Waals surface area (Å²) in [6.07, 6.45) is -0.647. The van der Waals surface area contributed by atoms with E-state index >= 15 is 0 Å². The normalized spacial score (nSPS) is 13.8. The highest BCUT2D eigenvalue weighted by Gasteiger charge is 2.31. The molecule has 0 heterocycles. The second-order valence-corrected chi connectivity index (χ2v) is 8.63. The number of aliphatic carboxylic acids is 3. The number of hydrogen-bond donors (Lipinski definition) is 8. The Hall–Kier alpha value is -4.04. The van der Waals surface area contributed by atoms with E-state index in [1.807, 2.05) is 0 Å². The lowest BCUT2D eigenvalue weighted by atomic mass is 10.0. The molecule has 0 unspecified atom stereocenters. The summed E-state index contributed by atoms with van der Waals surface area (Å²) in [6.45, 7) is 0.287. The summed E-state index contributed by atoms with van der Waals surface area (Å²) >= 11 is 0. The van der Waals surface area contributed by atoms with Crippen LogP contribution in [0.25, 0.3) is 0 Å². The Balaban J connectivity index is 3.01. The van der Waals surface area contributed by atoms with Gasteiger partial charge in [0.1, 0.15) is 18.1 Å². The summed E-state index contributed by atoms with van der Waals surface area (Å²) in [5.41, 5.74) is 12.2. The minimum Gasteiger partial charge on any atom is -0.481 e. The van der Waals surface area contributed by atoms with Crippen molar-refractivity contribution in [1.82, 2.24) is 16.0 Å². The maximum absolute atomic E-state index is 13.0. The average Bonchev–Trinajstić information content (AvgIpc) is 2.85. The molecule has 1 rings (SSSR count). The minimum absolute atomic E-state index is 0.0291. The summed E-state index contributed by atoms with van der Waals surface area (Å²) in [7, 11) is 0. The molecule has 1 aromatic rings. The van der Waals surface area contributed by atoms with E-state index < -0.39 is 72.6 Å². The Labute approximate surface area is 219 Å². The molecule has 0 saturated heterocycles. The second kappa shape index (κ2) is 16.7. The molecule has 0 aliphatic carbocycles. The van der Waals surface area contributed by atoms with Crippen LogP contribution in [0.1, 0.15) is 44.1 Å². The Kier molecular flexibility index (Phi) is 14.0. The van der Waals surface area contributed by atoms with Crippen molar-refractivity contribution in [1.29, 1.82) is 0 Å². The lowest BCUT2D eigenvalue weighted by Crippen LogP contribution is -2.57. The van der Waals surface area contributed by atoms with Crippen molar-refractivity contribution in [3.63, 3.8) is 0 Å². The number of hydrogen-bond acceptors (Lipinski definition) is 8. The minimum atomic E-state index is -1.74. The summed E-state index contributed by atoms with van der Waals surface area (Å²) < 4.78 is 0. The third kappa shape index (κ3) is 12.3. The molecule has 14 heteroatoms. The van der Waals surface area contributed by atoms with Crippen LogP contribution in [0.3, 0.4) is 0 Å². The number of carbonyl (C=O) groups is 6. The van der Waals surface area contributed by atoms with Crippen LogP contribution in [-0.4, -0.2) is 81.7 Å². The average molecular weight is 538 g/mol. The van der Waals surface area contributed by atoms with E-state index in [0.717, 1.165) is 5.56 Å². The molecular formula is C24H35N5O9.